The second-order valence-corrected chi connectivity index (χ2v) is 5.29. The average Bonchev–Trinajstić information content (AvgIpc) is 2.78. The summed E-state index contributed by atoms with van der Waals surface area (Å²) in [7, 11) is 0. The van der Waals surface area contributed by atoms with Gasteiger partial charge in [-0.2, -0.15) is 0 Å². The van der Waals surface area contributed by atoms with Crippen LogP contribution in [0, 0.1) is 0 Å². The highest BCUT2D eigenvalue weighted by Crippen LogP contribution is 2.11. The normalized spacial score (nSPS) is 11.7. The molecule has 2 rings (SSSR count). The molecule has 0 aliphatic carbocycles. The summed E-state index contributed by atoms with van der Waals surface area (Å²) in [5.41, 5.74) is 1.31. The molecule has 0 aliphatic heterocycles. The molecule has 19 heavy (non-hydrogen) atoms. The fourth-order valence-corrected chi connectivity index (χ4v) is 1.84. The number of amides is 1. The van der Waals surface area contributed by atoms with Gasteiger partial charge in [-0.25, -0.2) is 4.98 Å². The van der Waals surface area contributed by atoms with Gasteiger partial charge in [0.05, 0.1) is 23.2 Å². The molecule has 0 radical (unpaired) electrons. The summed E-state index contributed by atoms with van der Waals surface area (Å²) in [5.74, 6) is 0.720. The molecular formula is C14H19N3O2. The van der Waals surface area contributed by atoms with Crippen LogP contribution < -0.4 is 5.32 Å². The molecule has 3 N–H and O–H groups in total. The highest BCUT2D eigenvalue weighted by atomic mass is 16.3. The van der Waals surface area contributed by atoms with E-state index in [0.717, 1.165) is 16.9 Å². The van der Waals surface area contributed by atoms with Gasteiger partial charge in [-0.3, -0.25) is 4.79 Å². The zero-order valence-electron chi connectivity index (χ0n) is 11.2. The number of aromatic nitrogens is 2. The Morgan fingerprint density at radius 3 is 2.84 bits per heavy atom. The number of hydrogen-bond donors (Lipinski definition) is 3. The van der Waals surface area contributed by atoms with Crippen molar-refractivity contribution in [3.63, 3.8) is 0 Å². The van der Waals surface area contributed by atoms with Gasteiger partial charge in [-0.05, 0) is 26.0 Å². The number of nitrogens with zero attached hydrogens (tertiary/aromatic N) is 1. The van der Waals surface area contributed by atoms with Crippen molar-refractivity contribution in [2.45, 2.75) is 32.2 Å². The maximum absolute atomic E-state index is 11.7. The molecule has 1 amide bonds. The number of benzene rings is 1. The lowest BCUT2D eigenvalue weighted by atomic mass is 10.1. The smallest absolute Gasteiger partial charge is 0.220 e. The van der Waals surface area contributed by atoms with Crippen LogP contribution in [0.4, 0.5) is 0 Å². The fourth-order valence-electron chi connectivity index (χ4n) is 1.84. The van der Waals surface area contributed by atoms with E-state index in [2.05, 4.69) is 15.3 Å². The minimum absolute atomic E-state index is 0.0800. The Labute approximate surface area is 112 Å². The zero-order chi connectivity index (χ0) is 13.9. The number of para-hydroxylation sites is 2. The van der Waals surface area contributed by atoms with Crippen molar-refractivity contribution < 1.29 is 9.90 Å². The molecule has 1 heterocycles. The molecule has 1 aromatic carbocycles. The number of hydrogen-bond acceptors (Lipinski definition) is 3. The third-order valence-corrected chi connectivity index (χ3v) is 2.90. The maximum Gasteiger partial charge on any atom is 0.220 e. The molecule has 5 nitrogen and oxygen atoms in total. The van der Waals surface area contributed by atoms with E-state index >= 15 is 0 Å². The van der Waals surface area contributed by atoms with Crippen LogP contribution in [0.25, 0.3) is 11.0 Å². The van der Waals surface area contributed by atoms with E-state index in [1.165, 1.54) is 0 Å². The number of nitrogens with one attached hydrogen (secondary N) is 2. The second-order valence-electron chi connectivity index (χ2n) is 5.29. The van der Waals surface area contributed by atoms with Gasteiger partial charge in [0.2, 0.25) is 5.91 Å². The van der Waals surface area contributed by atoms with Crippen molar-refractivity contribution in [1.82, 2.24) is 15.3 Å². The van der Waals surface area contributed by atoms with E-state index in [9.17, 15) is 4.79 Å². The van der Waals surface area contributed by atoms with Gasteiger partial charge in [0.15, 0.2) is 0 Å². The van der Waals surface area contributed by atoms with Crippen LogP contribution in [0.3, 0.4) is 0 Å². The number of carbonyl (C=O) groups excluding carboxylic acids is 1. The average molecular weight is 261 g/mol. The van der Waals surface area contributed by atoms with Crippen molar-refractivity contribution in [3.8, 4) is 0 Å². The molecule has 0 fully saturated rings. The summed E-state index contributed by atoms with van der Waals surface area (Å²) < 4.78 is 0. The highest BCUT2D eigenvalue weighted by Gasteiger charge is 2.18. The molecule has 0 unspecified atom stereocenters. The van der Waals surface area contributed by atoms with Crippen molar-refractivity contribution >= 4 is 16.9 Å². The molecule has 102 valence electrons. The van der Waals surface area contributed by atoms with E-state index in [0.29, 0.717) is 12.8 Å². The SMILES string of the molecule is CC(C)(CO)NC(=O)CCc1nc2ccccc2[nH]1. The van der Waals surface area contributed by atoms with Gasteiger partial charge in [0.25, 0.3) is 0 Å². The largest absolute Gasteiger partial charge is 0.394 e. The monoisotopic (exact) mass is 261 g/mol. The van der Waals surface area contributed by atoms with E-state index in [1.54, 1.807) is 13.8 Å². The summed E-state index contributed by atoms with van der Waals surface area (Å²) in [6.45, 7) is 3.49. The summed E-state index contributed by atoms with van der Waals surface area (Å²) in [5, 5.41) is 11.9. The summed E-state index contributed by atoms with van der Waals surface area (Å²) in [4.78, 5) is 19.3. The molecule has 0 saturated heterocycles. The van der Waals surface area contributed by atoms with Gasteiger partial charge in [-0.1, -0.05) is 12.1 Å². The number of aliphatic hydroxyl groups is 1. The van der Waals surface area contributed by atoms with E-state index in [4.69, 9.17) is 5.11 Å². The first kappa shape index (κ1) is 13.5. The van der Waals surface area contributed by atoms with E-state index in [-0.39, 0.29) is 12.5 Å². The van der Waals surface area contributed by atoms with Crippen molar-refractivity contribution in [1.29, 1.82) is 0 Å². The molecule has 5 heteroatoms. The van der Waals surface area contributed by atoms with Gasteiger partial charge < -0.3 is 15.4 Å². The minimum Gasteiger partial charge on any atom is -0.394 e. The Morgan fingerprint density at radius 2 is 2.16 bits per heavy atom. The Balaban J connectivity index is 1.93. The van der Waals surface area contributed by atoms with E-state index < -0.39 is 5.54 Å². The number of rotatable bonds is 5. The van der Waals surface area contributed by atoms with Crippen LogP contribution in [0.2, 0.25) is 0 Å². The Bertz CT molecular complexity index is 542. The van der Waals surface area contributed by atoms with E-state index in [1.807, 2.05) is 24.3 Å². The summed E-state index contributed by atoms with van der Waals surface area (Å²) in [6.07, 6.45) is 0.908. The molecular weight excluding hydrogens is 242 g/mol. The predicted molar refractivity (Wildman–Crippen MR) is 73.7 cm³/mol. The minimum atomic E-state index is -0.578. The van der Waals surface area contributed by atoms with Crippen LogP contribution in [0.1, 0.15) is 26.1 Å². The number of H-pyrrole nitrogens is 1. The number of imidazole rings is 1. The predicted octanol–water partition coefficient (Wildman–Crippen LogP) is 1.38. The lowest BCUT2D eigenvalue weighted by molar-refractivity contribution is -0.123. The van der Waals surface area contributed by atoms with Crippen LogP contribution in [0.15, 0.2) is 24.3 Å². The van der Waals surface area contributed by atoms with Crippen molar-refractivity contribution in [2.75, 3.05) is 6.61 Å². The summed E-state index contributed by atoms with van der Waals surface area (Å²) >= 11 is 0. The lowest BCUT2D eigenvalue weighted by Crippen LogP contribution is -2.46. The number of aromatic amines is 1. The van der Waals surface area contributed by atoms with Crippen LogP contribution >= 0.6 is 0 Å². The third kappa shape index (κ3) is 3.54. The first-order valence-corrected chi connectivity index (χ1v) is 6.36. The zero-order valence-corrected chi connectivity index (χ0v) is 11.2. The van der Waals surface area contributed by atoms with Crippen LogP contribution in [-0.4, -0.2) is 33.1 Å². The number of fused-ring (bicyclic) bond motifs is 1. The molecule has 2 aromatic rings. The Hall–Kier alpha value is -1.88. The standard InChI is InChI=1S/C14H19N3O2/c1-14(2,9-18)17-13(19)8-7-12-15-10-5-3-4-6-11(10)16-12/h3-6,18H,7-9H2,1-2H3,(H,15,16)(H,17,19). The van der Waals surface area contributed by atoms with Gasteiger partial charge >= 0.3 is 0 Å². The number of aliphatic hydroxyl groups excluding tert-OH is 1. The number of carbonyl (C=O) groups is 1. The molecule has 0 spiro atoms. The summed E-state index contributed by atoms with van der Waals surface area (Å²) in [6, 6.07) is 7.77. The van der Waals surface area contributed by atoms with Gasteiger partial charge in [0.1, 0.15) is 5.82 Å². The number of aryl methyl sites for hydroxylation is 1. The van der Waals surface area contributed by atoms with Crippen LogP contribution in [-0.2, 0) is 11.2 Å². The molecule has 0 bridgehead atoms. The Morgan fingerprint density at radius 1 is 1.42 bits per heavy atom. The first-order chi connectivity index (χ1) is 9.00. The van der Waals surface area contributed by atoms with Gasteiger partial charge in [-0.15, -0.1) is 0 Å². The van der Waals surface area contributed by atoms with Gasteiger partial charge in [0, 0.05) is 12.8 Å². The molecule has 0 saturated carbocycles. The Kier molecular flexibility index (Phi) is 3.85. The quantitative estimate of drug-likeness (QED) is 0.761. The first-order valence-electron chi connectivity index (χ1n) is 6.36. The topological polar surface area (TPSA) is 78.0 Å². The van der Waals surface area contributed by atoms with Crippen molar-refractivity contribution in [3.05, 3.63) is 30.1 Å². The second kappa shape index (κ2) is 5.40. The lowest BCUT2D eigenvalue weighted by Gasteiger charge is -2.23. The molecule has 0 atom stereocenters. The molecule has 0 aliphatic rings. The maximum atomic E-state index is 11.7. The van der Waals surface area contributed by atoms with Crippen LogP contribution in [0.5, 0.6) is 0 Å². The molecule has 1 aromatic heterocycles. The fraction of sp³-hybridized carbons (Fsp3) is 0.429. The van der Waals surface area contributed by atoms with Crippen molar-refractivity contribution in [2.24, 2.45) is 0 Å². The third-order valence-electron chi connectivity index (χ3n) is 2.90. The highest BCUT2D eigenvalue weighted by molar-refractivity contribution is 5.77.